The quantitative estimate of drug-likeness (QED) is 0.699. The Bertz CT molecular complexity index is 336. The van der Waals surface area contributed by atoms with Gasteiger partial charge in [0.1, 0.15) is 0 Å². The van der Waals surface area contributed by atoms with Crippen molar-refractivity contribution in [2.75, 3.05) is 7.05 Å². The minimum Gasteiger partial charge on any atom is -0.313 e. The van der Waals surface area contributed by atoms with Gasteiger partial charge >= 0.3 is 0 Å². The number of aryl methyl sites for hydroxylation is 1. The second kappa shape index (κ2) is 7.88. The van der Waals surface area contributed by atoms with E-state index in [1.54, 1.807) is 0 Å². The van der Waals surface area contributed by atoms with Gasteiger partial charge in [-0.15, -0.1) is 0 Å². The van der Waals surface area contributed by atoms with E-state index in [0.717, 1.165) is 0 Å². The first-order valence-corrected chi connectivity index (χ1v) is 7.42. The number of hydrogen-bond acceptors (Lipinski definition) is 1. The van der Waals surface area contributed by atoms with Crippen molar-refractivity contribution in [3.05, 3.63) is 33.8 Å². The molecule has 17 heavy (non-hydrogen) atoms. The van der Waals surface area contributed by atoms with E-state index < -0.39 is 0 Å². The summed E-state index contributed by atoms with van der Waals surface area (Å²) < 4.78 is 1.26. The maximum Gasteiger partial charge on any atom is 0.0328 e. The van der Waals surface area contributed by atoms with Gasteiger partial charge in [-0.3, -0.25) is 0 Å². The summed E-state index contributed by atoms with van der Waals surface area (Å²) in [6.07, 6.45) is 6.53. The number of unbranched alkanes of at least 4 members (excludes halogenated alkanes) is 3. The monoisotopic (exact) mass is 297 g/mol. The SMILES string of the molecule is CCCCCCC(NC)c1cccc(C)c1Br. The van der Waals surface area contributed by atoms with Crippen molar-refractivity contribution in [1.82, 2.24) is 5.32 Å². The van der Waals surface area contributed by atoms with Crippen LogP contribution in [0.5, 0.6) is 0 Å². The van der Waals surface area contributed by atoms with Crippen LogP contribution in [0, 0.1) is 6.92 Å². The van der Waals surface area contributed by atoms with Crippen LogP contribution in [0.4, 0.5) is 0 Å². The molecular formula is C15H24BrN. The summed E-state index contributed by atoms with van der Waals surface area (Å²) in [5.41, 5.74) is 2.71. The molecule has 1 aromatic carbocycles. The zero-order valence-corrected chi connectivity index (χ0v) is 12.8. The van der Waals surface area contributed by atoms with Gasteiger partial charge < -0.3 is 5.32 Å². The molecule has 1 nitrogen and oxygen atoms in total. The summed E-state index contributed by atoms with van der Waals surface area (Å²) in [4.78, 5) is 0. The number of hydrogen-bond donors (Lipinski definition) is 1. The highest BCUT2D eigenvalue weighted by molar-refractivity contribution is 9.10. The summed E-state index contributed by atoms with van der Waals surface area (Å²) in [7, 11) is 2.05. The van der Waals surface area contributed by atoms with E-state index in [-0.39, 0.29) is 0 Å². The normalized spacial score (nSPS) is 12.7. The first-order chi connectivity index (χ1) is 8.20. The third-order valence-corrected chi connectivity index (χ3v) is 4.38. The van der Waals surface area contributed by atoms with Gasteiger partial charge in [-0.05, 0) is 31.5 Å². The molecule has 1 rings (SSSR count). The van der Waals surface area contributed by atoms with E-state index in [1.165, 1.54) is 47.7 Å². The van der Waals surface area contributed by atoms with Gasteiger partial charge in [-0.1, -0.05) is 66.7 Å². The lowest BCUT2D eigenvalue weighted by molar-refractivity contribution is 0.503. The molecule has 1 aromatic rings. The lowest BCUT2D eigenvalue weighted by Gasteiger charge is -2.19. The summed E-state index contributed by atoms with van der Waals surface area (Å²) in [5, 5.41) is 3.43. The van der Waals surface area contributed by atoms with Crippen LogP contribution in [0.2, 0.25) is 0 Å². The molecule has 0 amide bonds. The Labute approximate surface area is 114 Å². The molecule has 0 aliphatic rings. The maximum absolute atomic E-state index is 3.70. The highest BCUT2D eigenvalue weighted by Crippen LogP contribution is 2.29. The van der Waals surface area contributed by atoms with Crippen LogP contribution in [-0.4, -0.2) is 7.05 Å². The first-order valence-electron chi connectivity index (χ1n) is 6.63. The van der Waals surface area contributed by atoms with Crippen LogP contribution >= 0.6 is 15.9 Å². The standard InChI is InChI=1S/C15H24BrN/c1-4-5-6-7-11-14(17-3)13-10-8-9-12(2)15(13)16/h8-10,14,17H,4-7,11H2,1-3H3. The third kappa shape index (κ3) is 4.44. The van der Waals surface area contributed by atoms with Gasteiger partial charge in [-0.25, -0.2) is 0 Å². The molecule has 1 N–H and O–H groups in total. The summed E-state index contributed by atoms with van der Waals surface area (Å²) >= 11 is 3.70. The van der Waals surface area contributed by atoms with Crippen molar-refractivity contribution in [3.8, 4) is 0 Å². The minimum atomic E-state index is 0.473. The molecular weight excluding hydrogens is 274 g/mol. The topological polar surface area (TPSA) is 12.0 Å². The smallest absolute Gasteiger partial charge is 0.0328 e. The molecule has 0 aromatic heterocycles. The molecule has 1 atom stereocenters. The summed E-state index contributed by atoms with van der Waals surface area (Å²) in [6.45, 7) is 4.41. The molecule has 0 spiro atoms. The summed E-state index contributed by atoms with van der Waals surface area (Å²) in [6, 6.07) is 6.99. The highest BCUT2D eigenvalue weighted by Gasteiger charge is 2.12. The number of rotatable bonds is 7. The van der Waals surface area contributed by atoms with Crippen LogP contribution in [-0.2, 0) is 0 Å². The summed E-state index contributed by atoms with van der Waals surface area (Å²) in [5.74, 6) is 0. The minimum absolute atomic E-state index is 0.473. The number of nitrogens with one attached hydrogen (secondary N) is 1. The molecule has 0 saturated heterocycles. The Morgan fingerprint density at radius 2 is 2.00 bits per heavy atom. The van der Waals surface area contributed by atoms with E-state index in [4.69, 9.17) is 0 Å². The van der Waals surface area contributed by atoms with E-state index in [2.05, 4.69) is 60.3 Å². The largest absolute Gasteiger partial charge is 0.313 e. The molecule has 0 aliphatic carbocycles. The average Bonchev–Trinajstić information content (AvgIpc) is 2.34. The Hall–Kier alpha value is -0.340. The molecule has 0 saturated carbocycles. The van der Waals surface area contributed by atoms with Gasteiger partial charge in [0.05, 0.1) is 0 Å². The van der Waals surface area contributed by atoms with Crippen molar-refractivity contribution >= 4 is 15.9 Å². The molecule has 0 radical (unpaired) electrons. The van der Waals surface area contributed by atoms with Crippen molar-refractivity contribution < 1.29 is 0 Å². The Morgan fingerprint density at radius 1 is 1.24 bits per heavy atom. The third-order valence-electron chi connectivity index (χ3n) is 3.29. The maximum atomic E-state index is 3.70. The molecule has 0 bridgehead atoms. The molecule has 1 unspecified atom stereocenters. The average molecular weight is 298 g/mol. The predicted octanol–water partition coefficient (Wildman–Crippen LogP) is 4.99. The number of benzene rings is 1. The van der Waals surface area contributed by atoms with Crippen LogP contribution in [0.1, 0.15) is 56.2 Å². The van der Waals surface area contributed by atoms with Crippen molar-refractivity contribution in [2.45, 2.75) is 52.0 Å². The molecule has 0 aliphatic heterocycles. The fraction of sp³-hybridized carbons (Fsp3) is 0.600. The van der Waals surface area contributed by atoms with Gasteiger partial charge in [0, 0.05) is 10.5 Å². The van der Waals surface area contributed by atoms with Crippen molar-refractivity contribution in [2.24, 2.45) is 0 Å². The van der Waals surface area contributed by atoms with Crippen LogP contribution in [0.15, 0.2) is 22.7 Å². The predicted molar refractivity (Wildman–Crippen MR) is 79.4 cm³/mol. The second-order valence-corrected chi connectivity index (χ2v) is 5.46. The van der Waals surface area contributed by atoms with Gasteiger partial charge in [0.2, 0.25) is 0 Å². The van der Waals surface area contributed by atoms with Crippen LogP contribution < -0.4 is 5.32 Å². The van der Waals surface area contributed by atoms with E-state index >= 15 is 0 Å². The Balaban J connectivity index is 2.63. The molecule has 2 heteroatoms. The lowest BCUT2D eigenvalue weighted by atomic mass is 9.99. The number of halogens is 1. The van der Waals surface area contributed by atoms with E-state index in [1.807, 2.05) is 0 Å². The molecule has 0 heterocycles. The van der Waals surface area contributed by atoms with Gasteiger partial charge in [0.25, 0.3) is 0 Å². The first kappa shape index (κ1) is 14.7. The van der Waals surface area contributed by atoms with Crippen molar-refractivity contribution in [1.29, 1.82) is 0 Å². The highest BCUT2D eigenvalue weighted by atomic mass is 79.9. The fourth-order valence-corrected chi connectivity index (χ4v) is 2.71. The fourth-order valence-electron chi connectivity index (χ4n) is 2.17. The molecule has 0 fully saturated rings. The zero-order valence-electron chi connectivity index (χ0n) is 11.2. The zero-order chi connectivity index (χ0) is 12.7. The Kier molecular flexibility index (Phi) is 6.83. The van der Waals surface area contributed by atoms with E-state index in [9.17, 15) is 0 Å². The lowest BCUT2D eigenvalue weighted by Crippen LogP contribution is -2.17. The Morgan fingerprint density at radius 3 is 2.65 bits per heavy atom. The van der Waals surface area contributed by atoms with Crippen molar-refractivity contribution in [3.63, 3.8) is 0 Å². The van der Waals surface area contributed by atoms with Crippen LogP contribution in [0.3, 0.4) is 0 Å². The molecule has 96 valence electrons. The van der Waals surface area contributed by atoms with E-state index in [0.29, 0.717) is 6.04 Å². The van der Waals surface area contributed by atoms with Gasteiger partial charge in [-0.2, -0.15) is 0 Å². The second-order valence-electron chi connectivity index (χ2n) is 4.67. The van der Waals surface area contributed by atoms with Crippen LogP contribution in [0.25, 0.3) is 0 Å². The van der Waals surface area contributed by atoms with Gasteiger partial charge in [0.15, 0.2) is 0 Å².